The SMILES string of the molecule is CC/C=C\C/C=C\C/C=C\C/C=C\C/C=C\CCCCCCCCCCCCCCCC(=O)OCC(COC(=O)CCCCCCC/C=C\C/C=C\CCCC)OC(=O)CCCCCCCCCCC/C=C\C/C=C\CCCCC. The number of hydrogen-bond acceptors (Lipinski definition) is 6. The summed E-state index contributed by atoms with van der Waals surface area (Å²) in [5, 5.41) is 0. The fourth-order valence-electron chi connectivity index (χ4n) is 9.40. The van der Waals surface area contributed by atoms with Gasteiger partial charge in [-0.15, -0.1) is 0 Å². The first-order valence-corrected chi connectivity index (χ1v) is 33.9. The van der Waals surface area contributed by atoms with Gasteiger partial charge in [-0.1, -0.05) is 291 Å². The highest BCUT2D eigenvalue weighted by molar-refractivity contribution is 5.71. The summed E-state index contributed by atoms with van der Waals surface area (Å²) < 4.78 is 16.9. The van der Waals surface area contributed by atoms with E-state index in [1.165, 1.54) is 167 Å². The van der Waals surface area contributed by atoms with E-state index in [2.05, 4.69) is 130 Å². The van der Waals surface area contributed by atoms with Crippen molar-refractivity contribution in [3.8, 4) is 0 Å². The topological polar surface area (TPSA) is 78.9 Å². The minimum Gasteiger partial charge on any atom is -0.462 e. The average Bonchev–Trinajstić information content (AvgIpc) is 3.46. The first-order valence-electron chi connectivity index (χ1n) is 33.9. The number of allylic oxidation sites excluding steroid dienone is 18. The molecule has 1 atom stereocenters. The maximum atomic E-state index is 12.9. The quantitative estimate of drug-likeness (QED) is 0.0261. The van der Waals surface area contributed by atoms with Crippen LogP contribution in [-0.4, -0.2) is 37.2 Å². The van der Waals surface area contributed by atoms with Crippen molar-refractivity contribution in [1.29, 1.82) is 0 Å². The van der Waals surface area contributed by atoms with E-state index in [1.807, 2.05) is 0 Å². The minimum atomic E-state index is -0.789. The molecule has 1 unspecified atom stereocenters. The van der Waals surface area contributed by atoms with E-state index in [4.69, 9.17) is 14.2 Å². The van der Waals surface area contributed by atoms with E-state index in [9.17, 15) is 14.4 Å². The normalized spacial score (nSPS) is 12.8. The molecule has 0 aliphatic rings. The van der Waals surface area contributed by atoms with Crippen LogP contribution in [0.25, 0.3) is 0 Å². The van der Waals surface area contributed by atoms with Crippen molar-refractivity contribution in [2.45, 2.75) is 329 Å². The van der Waals surface area contributed by atoms with Crippen LogP contribution in [0.2, 0.25) is 0 Å². The first kappa shape index (κ1) is 76.1. The highest BCUT2D eigenvalue weighted by Gasteiger charge is 2.19. The van der Waals surface area contributed by atoms with Crippen molar-refractivity contribution < 1.29 is 28.6 Å². The Kier molecular flexibility index (Phi) is 64.3. The van der Waals surface area contributed by atoms with Gasteiger partial charge in [-0.05, 0) is 122 Å². The lowest BCUT2D eigenvalue weighted by Crippen LogP contribution is -2.30. The third kappa shape index (κ3) is 64.9. The van der Waals surface area contributed by atoms with Crippen molar-refractivity contribution in [3.05, 3.63) is 109 Å². The van der Waals surface area contributed by atoms with E-state index in [0.29, 0.717) is 19.3 Å². The van der Waals surface area contributed by atoms with E-state index in [1.54, 1.807) is 0 Å². The first-order chi connectivity index (χ1) is 39.5. The molecule has 0 fully saturated rings. The van der Waals surface area contributed by atoms with E-state index >= 15 is 0 Å². The van der Waals surface area contributed by atoms with Gasteiger partial charge in [-0.25, -0.2) is 0 Å². The largest absolute Gasteiger partial charge is 0.462 e. The number of rotatable bonds is 61. The molecule has 6 heteroatoms. The average molecular weight is 1110 g/mol. The van der Waals surface area contributed by atoms with Crippen LogP contribution in [0.3, 0.4) is 0 Å². The molecule has 0 N–H and O–H groups in total. The predicted octanol–water partition coefficient (Wildman–Crippen LogP) is 23.4. The minimum absolute atomic E-state index is 0.0840. The molecule has 0 spiro atoms. The number of carbonyl (C=O) groups excluding carboxylic acids is 3. The zero-order chi connectivity index (χ0) is 57.8. The molecule has 0 bridgehead atoms. The second-order valence-electron chi connectivity index (χ2n) is 22.3. The van der Waals surface area contributed by atoms with Crippen molar-refractivity contribution >= 4 is 17.9 Å². The van der Waals surface area contributed by atoms with Gasteiger partial charge in [-0.3, -0.25) is 14.4 Å². The van der Waals surface area contributed by atoms with E-state index in [-0.39, 0.29) is 31.1 Å². The second kappa shape index (κ2) is 67.6. The monoisotopic (exact) mass is 1110 g/mol. The Labute approximate surface area is 495 Å². The number of ether oxygens (including phenoxy) is 3. The van der Waals surface area contributed by atoms with Gasteiger partial charge >= 0.3 is 17.9 Å². The molecule has 0 heterocycles. The molecule has 0 aliphatic carbocycles. The Morgan fingerprint density at radius 2 is 0.500 bits per heavy atom. The van der Waals surface area contributed by atoms with Gasteiger partial charge in [0.2, 0.25) is 0 Å². The van der Waals surface area contributed by atoms with Crippen molar-refractivity contribution in [1.82, 2.24) is 0 Å². The molecule has 0 radical (unpaired) electrons. The summed E-state index contributed by atoms with van der Waals surface area (Å²) >= 11 is 0. The molecule has 80 heavy (non-hydrogen) atoms. The zero-order valence-corrected chi connectivity index (χ0v) is 52.6. The van der Waals surface area contributed by atoms with Gasteiger partial charge in [-0.2, -0.15) is 0 Å². The van der Waals surface area contributed by atoms with Gasteiger partial charge in [0.25, 0.3) is 0 Å². The van der Waals surface area contributed by atoms with Crippen molar-refractivity contribution in [3.63, 3.8) is 0 Å². The highest BCUT2D eigenvalue weighted by Crippen LogP contribution is 2.16. The molecule has 0 aromatic carbocycles. The van der Waals surface area contributed by atoms with Crippen LogP contribution in [-0.2, 0) is 28.6 Å². The second-order valence-corrected chi connectivity index (χ2v) is 22.3. The molecule has 0 saturated carbocycles. The molecule has 0 saturated heterocycles. The standard InChI is InChI=1S/C74H126O6/c1-4-7-10-13-16-19-22-25-28-30-32-33-34-35-36-37-38-39-40-41-43-44-46-49-52-55-58-61-64-67-73(76)79-70-71(69-78-72(75)66-63-60-57-54-51-48-27-24-21-18-15-12-9-6-3)80-74(77)68-65-62-59-56-53-50-47-45-42-31-29-26-23-20-17-14-11-8-5-2/h7,10,15-20,24-29,32-33,35-36,71H,4-6,8-9,11-14,21-23,30-31,34,37-70H2,1-3H3/b10-7-,18-15-,19-16-,20-17-,27-24-,28-25-,29-26-,33-32-,36-35-. The van der Waals surface area contributed by atoms with Crippen LogP contribution < -0.4 is 0 Å². The number of esters is 3. The van der Waals surface area contributed by atoms with Crippen molar-refractivity contribution in [2.75, 3.05) is 13.2 Å². The lowest BCUT2D eigenvalue weighted by Gasteiger charge is -2.18. The molecule has 0 aliphatic heterocycles. The Morgan fingerprint density at radius 1 is 0.263 bits per heavy atom. The Balaban J connectivity index is 4.29. The maximum Gasteiger partial charge on any atom is 0.306 e. The summed E-state index contributed by atoms with van der Waals surface area (Å²) in [5.41, 5.74) is 0. The van der Waals surface area contributed by atoms with Gasteiger partial charge in [0, 0.05) is 19.3 Å². The summed E-state index contributed by atoms with van der Waals surface area (Å²) in [6.45, 7) is 6.47. The maximum absolute atomic E-state index is 12.9. The number of hydrogen-bond donors (Lipinski definition) is 0. The fourth-order valence-corrected chi connectivity index (χ4v) is 9.40. The van der Waals surface area contributed by atoms with E-state index < -0.39 is 6.10 Å². The molecule has 0 rings (SSSR count). The van der Waals surface area contributed by atoms with Crippen LogP contribution in [0.15, 0.2) is 109 Å². The molecule has 458 valence electrons. The smallest absolute Gasteiger partial charge is 0.306 e. The summed E-state index contributed by atoms with van der Waals surface area (Å²) in [6.07, 6.45) is 92.4. The van der Waals surface area contributed by atoms with E-state index in [0.717, 1.165) is 116 Å². The van der Waals surface area contributed by atoms with Crippen LogP contribution in [0, 0.1) is 0 Å². The van der Waals surface area contributed by atoms with Gasteiger partial charge in [0.1, 0.15) is 13.2 Å². The van der Waals surface area contributed by atoms with Crippen LogP contribution >= 0.6 is 0 Å². The Morgan fingerprint density at radius 3 is 0.800 bits per heavy atom. The lowest BCUT2D eigenvalue weighted by molar-refractivity contribution is -0.167. The molecular formula is C74H126O6. The van der Waals surface area contributed by atoms with Crippen LogP contribution in [0.5, 0.6) is 0 Å². The molecule has 0 aromatic rings. The zero-order valence-electron chi connectivity index (χ0n) is 52.6. The molecule has 6 nitrogen and oxygen atoms in total. The highest BCUT2D eigenvalue weighted by atomic mass is 16.6. The van der Waals surface area contributed by atoms with Gasteiger partial charge in [0.15, 0.2) is 6.10 Å². The number of unbranched alkanes of at least 4 members (excludes halogenated alkanes) is 32. The van der Waals surface area contributed by atoms with Gasteiger partial charge < -0.3 is 14.2 Å². The summed E-state index contributed by atoms with van der Waals surface area (Å²) in [6, 6.07) is 0. The summed E-state index contributed by atoms with van der Waals surface area (Å²) in [7, 11) is 0. The Bertz CT molecular complexity index is 1610. The van der Waals surface area contributed by atoms with Crippen LogP contribution in [0.4, 0.5) is 0 Å². The number of carbonyl (C=O) groups is 3. The molecule has 0 aromatic heterocycles. The third-order valence-electron chi connectivity index (χ3n) is 14.5. The molecular weight excluding hydrogens is 985 g/mol. The third-order valence-corrected chi connectivity index (χ3v) is 14.5. The fraction of sp³-hybridized carbons (Fsp3) is 0.716. The Hall–Kier alpha value is -3.93. The predicted molar refractivity (Wildman–Crippen MR) is 348 cm³/mol. The van der Waals surface area contributed by atoms with Crippen molar-refractivity contribution in [2.24, 2.45) is 0 Å². The van der Waals surface area contributed by atoms with Crippen LogP contribution in [0.1, 0.15) is 323 Å². The summed E-state index contributed by atoms with van der Waals surface area (Å²) in [4.78, 5) is 38.4. The molecule has 0 amide bonds. The lowest BCUT2D eigenvalue weighted by atomic mass is 10.0. The van der Waals surface area contributed by atoms with Gasteiger partial charge in [0.05, 0.1) is 0 Å². The summed E-state index contributed by atoms with van der Waals surface area (Å²) in [5.74, 6) is -0.893.